The molecule has 0 radical (unpaired) electrons. The lowest BCUT2D eigenvalue weighted by molar-refractivity contribution is -0.147. The minimum Gasteiger partial charge on any atom is -0.481 e. The standard InChI is InChI=1S/C20H36O7S/c1-4-5-6-7-8-9-10-11-12-13-14-18(17(3)28(24,25)26)27-20(23)16(2)15-19(21)22/h17-18H,2,4-15H2,1,3H3,(H,21,22)(H,24,25,26). The Hall–Kier alpha value is -1.41. The fourth-order valence-electron chi connectivity index (χ4n) is 2.89. The first-order valence-corrected chi connectivity index (χ1v) is 11.7. The van der Waals surface area contributed by atoms with Crippen LogP contribution in [-0.2, 0) is 24.4 Å². The summed E-state index contributed by atoms with van der Waals surface area (Å²) in [5.41, 5.74) is -0.261. The summed E-state index contributed by atoms with van der Waals surface area (Å²) in [6, 6.07) is 0. The van der Waals surface area contributed by atoms with Crippen molar-refractivity contribution < 1.29 is 32.4 Å². The molecule has 2 N–H and O–H groups in total. The lowest BCUT2D eigenvalue weighted by Gasteiger charge is -2.22. The summed E-state index contributed by atoms with van der Waals surface area (Å²) in [4.78, 5) is 22.6. The number of hydrogen-bond acceptors (Lipinski definition) is 5. The fourth-order valence-corrected chi connectivity index (χ4v) is 3.47. The van der Waals surface area contributed by atoms with Crippen LogP contribution in [0.4, 0.5) is 0 Å². The summed E-state index contributed by atoms with van der Waals surface area (Å²) in [5.74, 6) is -2.17. The number of rotatable bonds is 17. The number of aliphatic carboxylic acids is 1. The second-order valence-corrected chi connectivity index (χ2v) is 9.08. The van der Waals surface area contributed by atoms with Crippen LogP contribution in [0.2, 0.25) is 0 Å². The molecule has 0 saturated carbocycles. The van der Waals surface area contributed by atoms with Crippen molar-refractivity contribution in [2.24, 2.45) is 0 Å². The van der Waals surface area contributed by atoms with Crippen LogP contribution in [0.25, 0.3) is 0 Å². The number of esters is 1. The highest BCUT2D eigenvalue weighted by atomic mass is 32.2. The molecule has 2 unspecified atom stereocenters. The molecule has 0 aromatic carbocycles. The molecule has 2 atom stereocenters. The molecule has 7 nitrogen and oxygen atoms in total. The average Bonchev–Trinajstić information content (AvgIpc) is 2.60. The van der Waals surface area contributed by atoms with Gasteiger partial charge in [-0.2, -0.15) is 8.42 Å². The van der Waals surface area contributed by atoms with Gasteiger partial charge in [0.15, 0.2) is 0 Å². The van der Waals surface area contributed by atoms with E-state index in [1.54, 1.807) is 0 Å². The summed E-state index contributed by atoms with van der Waals surface area (Å²) >= 11 is 0. The van der Waals surface area contributed by atoms with Crippen molar-refractivity contribution in [3.05, 3.63) is 12.2 Å². The summed E-state index contributed by atoms with van der Waals surface area (Å²) < 4.78 is 37.3. The van der Waals surface area contributed by atoms with Gasteiger partial charge < -0.3 is 9.84 Å². The zero-order chi connectivity index (χ0) is 21.6. The third-order valence-electron chi connectivity index (χ3n) is 4.75. The van der Waals surface area contributed by atoms with E-state index in [2.05, 4.69) is 13.5 Å². The highest BCUT2D eigenvalue weighted by molar-refractivity contribution is 7.86. The van der Waals surface area contributed by atoms with Crippen LogP contribution in [-0.4, -0.2) is 41.4 Å². The van der Waals surface area contributed by atoms with Crippen molar-refractivity contribution in [1.29, 1.82) is 0 Å². The summed E-state index contributed by atoms with van der Waals surface area (Å²) in [5, 5.41) is 7.42. The van der Waals surface area contributed by atoms with Crippen LogP contribution in [0.1, 0.15) is 90.9 Å². The summed E-state index contributed by atoms with van der Waals surface area (Å²) in [7, 11) is -4.38. The first-order valence-electron chi connectivity index (χ1n) is 10.2. The van der Waals surface area contributed by atoms with Crippen molar-refractivity contribution in [3.8, 4) is 0 Å². The van der Waals surface area contributed by atoms with Gasteiger partial charge in [-0.05, 0) is 19.8 Å². The molecule has 28 heavy (non-hydrogen) atoms. The number of carbonyl (C=O) groups is 2. The highest BCUT2D eigenvalue weighted by Crippen LogP contribution is 2.19. The maximum absolute atomic E-state index is 11.9. The van der Waals surface area contributed by atoms with Gasteiger partial charge in [-0.3, -0.25) is 9.35 Å². The van der Waals surface area contributed by atoms with Crippen LogP contribution in [0.15, 0.2) is 12.2 Å². The van der Waals surface area contributed by atoms with Gasteiger partial charge in [-0.25, -0.2) is 4.79 Å². The van der Waals surface area contributed by atoms with Gasteiger partial charge in [0.1, 0.15) is 11.4 Å². The third kappa shape index (κ3) is 12.9. The van der Waals surface area contributed by atoms with Crippen molar-refractivity contribution in [2.75, 3.05) is 0 Å². The number of ether oxygens (including phenoxy) is 1. The number of carboxylic acids is 1. The summed E-state index contributed by atoms with van der Waals surface area (Å²) in [6.07, 6.45) is 9.78. The van der Waals surface area contributed by atoms with Crippen LogP contribution in [0.3, 0.4) is 0 Å². The van der Waals surface area contributed by atoms with E-state index in [-0.39, 0.29) is 12.0 Å². The third-order valence-corrected chi connectivity index (χ3v) is 5.99. The molecule has 8 heteroatoms. The largest absolute Gasteiger partial charge is 0.481 e. The van der Waals surface area contributed by atoms with Gasteiger partial charge >= 0.3 is 11.9 Å². The molecule has 0 aromatic heterocycles. The number of carboxylic acid groups (broad SMARTS) is 1. The van der Waals surface area contributed by atoms with Crippen LogP contribution < -0.4 is 0 Å². The van der Waals surface area contributed by atoms with Gasteiger partial charge in [0.25, 0.3) is 10.1 Å². The predicted molar refractivity (Wildman–Crippen MR) is 109 cm³/mol. The second kappa shape index (κ2) is 14.6. The fraction of sp³-hybridized carbons (Fsp3) is 0.800. The van der Waals surface area contributed by atoms with Gasteiger partial charge in [0, 0.05) is 5.57 Å². The Morgan fingerprint density at radius 3 is 1.86 bits per heavy atom. The van der Waals surface area contributed by atoms with E-state index in [0.717, 1.165) is 19.3 Å². The molecule has 0 fully saturated rings. The lowest BCUT2D eigenvalue weighted by atomic mass is 10.0. The van der Waals surface area contributed by atoms with E-state index in [9.17, 15) is 22.6 Å². The molecule has 0 amide bonds. The Kier molecular flexibility index (Phi) is 13.8. The molecule has 0 bridgehead atoms. The topological polar surface area (TPSA) is 118 Å². The predicted octanol–water partition coefficient (Wildman–Crippen LogP) is 4.52. The molecule has 0 spiro atoms. The van der Waals surface area contributed by atoms with Crippen molar-refractivity contribution >= 4 is 22.1 Å². The van der Waals surface area contributed by atoms with Crippen LogP contribution in [0, 0.1) is 0 Å². The first-order chi connectivity index (χ1) is 13.1. The molecule has 0 aliphatic rings. The van der Waals surface area contributed by atoms with Gasteiger partial charge in [-0.1, -0.05) is 71.3 Å². The SMILES string of the molecule is C=C(CC(=O)O)C(=O)OC(CCCCCCCCCCCC)C(C)S(=O)(=O)O. The molecular weight excluding hydrogens is 384 g/mol. The van der Waals surface area contributed by atoms with E-state index in [4.69, 9.17) is 9.84 Å². The monoisotopic (exact) mass is 420 g/mol. The number of unbranched alkanes of at least 4 members (excludes halogenated alkanes) is 9. The second-order valence-electron chi connectivity index (χ2n) is 7.31. The van der Waals surface area contributed by atoms with E-state index in [1.807, 2.05) is 0 Å². The zero-order valence-electron chi connectivity index (χ0n) is 17.2. The molecule has 0 saturated heterocycles. The first kappa shape index (κ1) is 26.6. The minimum absolute atomic E-state index is 0.261. The lowest BCUT2D eigenvalue weighted by Crippen LogP contribution is -2.35. The van der Waals surface area contributed by atoms with Gasteiger partial charge in [-0.15, -0.1) is 0 Å². The zero-order valence-corrected chi connectivity index (χ0v) is 18.0. The average molecular weight is 421 g/mol. The maximum Gasteiger partial charge on any atom is 0.334 e. The molecule has 0 rings (SSSR count). The molecular formula is C20H36O7S. The van der Waals surface area contributed by atoms with Gasteiger partial charge in [0.05, 0.1) is 6.42 Å². The smallest absolute Gasteiger partial charge is 0.334 e. The Labute approximate surface area is 169 Å². The highest BCUT2D eigenvalue weighted by Gasteiger charge is 2.31. The van der Waals surface area contributed by atoms with Crippen LogP contribution in [0.5, 0.6) is 0 Å². The van der Waals surface area contributed by atoms with E-state index >= 15 is 0 Å². The van der Waals surface area contributed by atoms with Crippen molar-refractivity contribution in [1.82, 2.24) is 0 Å². The summed E-state index contributed by atoms with van der Waals surface area (Å²) in [6.45, 7) is 6.82. The molecule has 0 aliphatic heterocycles. The number of carbonyl (C=O) groups excluding carboxylic acids is 1. The van der Waals surface area contributed by atoms with Crippen molar-refractivity contribution in [2.45, 2.75) is 102 Å². The van der Waals surface area contributed by atoms with Crippen molar-refractivity contribution in [3.63, 3.8) is 0 Å². The normalized spacial score (nSPS) is 13.7. The molecule has 164 valence electrons. The Bertz CT molecular complexity index is 583. The molecule has 0 aliphatic carbocycles. The Balaban J connectivity index is 4.36. The Morgan fingerprint density at radius 1 is 0.964 bits per heavy atom. The quantitative estimate of drug-likeness (QED) is 0.154. The van der Waals surface area contributed by atoms with Gasteiger partial charge in [0.2, 0.25) is 0 Å². The molecule has 0 aromatic rings. The molecule has 0 heterocycles. The van der Waals surface area contributed by atoms with E-state index in [1.165, 1.54) is 45.4 Å². The van der Waals surface area contributed by atoms with E-state index < -0.39 is 39.8 Å². The maximum atomic E-state index is 11.9. The van der Waals surface area contributed by atoms with Crippen LogP contribution >= 0.6 is 0 Å². The van der Waals surface area contributed by atoms with E-state index in [0.29, 0.717) is 6.42 Å². The Morgan fingerprint density at radius 2 is 1.43 bits per heavy atom. The minimum atomic E-state index is -4.38. The number of hydrogen-bond donors (Lipinski definition) is 2.